The first kappa shape index (κ1) is 17.4. The van der Waals surface area contributed by atoms with E-state index in [1.807, 2.05) is 6.07 Å². The monoisotopic (exact) mass is 387 g/mol. The number of rotatable bonds is 4. The molecule has 1 aliphatic heterocycles. The van der Waals surface area contributed by atoms with Crippen molar-refractivity contribution in [2.75, 3.05) is 20.3 Å². The fourth-order valence-corrected chi connectivity index (χ4v) is 4.27. The second-order valence-electron chi connectivity index (χ2n) is 5.34. The molecule has 2 aromatic rings. The first-order chi connectivity index (χ1) is 11.4. The van der Waals surface area contributed by atoms with E-state index in [0.29, 0.717) is 24.7 Å². The van der Waals surface area contributed by atoms with Crippen molar-refractivity contribution in [1.29, 1.82) is 0 Å². The van der Waals surface area contributed by atoms with Gasteiger partial charge in [0, 0.05) is 23.6 Å². The molecule has 0 amide bonds. The highest BCUT2D eigenvalue weighted by Gasteiger charge is 2.23. The maximum absolute atomic E-state index is 12.7. The van der Waals surface area contributed by atoms with Crippen molar-refractivity contribution in [3.63, 3.8) is 0 Å². The molecule has 8 heteroatoms. The van der Waals surface area contributed by atoms with Crippen LogP contribution in [-0.4, -0.2) is 33.0 Å². The van der Waals surface area contributed by atoms with E-state index >= 15 is 0 Å². The van der Waals surface area contributed by atoms with Crippen LogP contribution in [0, 0.1) is 0 Å². The Kier molecular flexibility index (Phi) is 4.92. The predicted molar refractivity (Wildman–Crippen MR) is 92.5 cm³/mol. The molecule has 5 nitrogen and oxygen atoms in total. The van der Waals surface area contributed by atoms with E-state index in [2.05, 4.69) is 0 Å². The van der Waals surface area contributed by atoms with Gasteiger partial charge < -0.3 is 9.47 Å². The lowest BCUT2D eigenvalue weighted by Gasteiger charge is -2.21. The number of sulfonamides is 1. The quantitative estimate of drug-likeness (QED) is 0.804. The Hall–Kier alpha value is -1.47. The molecule has 0 N–H and O–H groups in total. The van der Waals surface area contributed by atoms with Gasteiger partial charge in [-0.1, -0.05) is 29.3 Å². The summed E-state index contributed by atoms with van der Waals surface area (Å²) in [6.45, 7) is 1.17. The number of benzene rings is 2. The summed E-state index contributed by atoms with van der Waals surface area (Å²) in [6, 6.07) is 9.62. The fraction of sp³-hybridized carbons (Fsp3) is 0.250. The van der Waals surface area contributed by atoms with Gasteiger partial charge in [0.15, 0.2) is 11.5 Å². The lowest BCUT2D eigenvalue weighted by atomic mass is 10.2. The largest absolute Gasteiger partial charge is 0.486 e. The minimum absolute atomic E-state index is 0.0556. The molecule has 0 spiro atoms. The summed E-state index contributed by atoms with van der Waals surface area (Å²) in [5, 5.41) is 0.544. The zero-order valence-corrected chi connectivity index (χ0v) is 15.2. The molecule has 1 heterocycles. The highest BCUT2D eigenvalue weighted by molar-refractivity contribution is 7.89. The van der Waals surface area contributed by atoms with Crippen LogP contribution in [0.25, 0.3) is 0 Å². The van der Waals surface area contributed by atoms with E-state index < -0.39 is 10.0 Å². The smallest absolute Gasteiger partial charge is 0.243 e. The van der Waals surface area contributed by atoms with Gasteiger partial charge >= 0.3 is 0 Å². The summed E-state index contributed by atoms with van der Waals surface area (Å²) < 4.78 is 37.6. The summed E-state index contributed by atoms with van der Waals surface area (Å²) in [5.74, 6) is 1.28. The number of ether oxygens (including phenoxy) is 2. The maximum atomic E-state index is 12.7. The van der Waals surface area contributed by atoms with Gasteiger partial charge in [0.2, 0.25) is 10.0 Å². The standard InChI is InChI=1S/C16H15Cl2NO4S/c1-19(24(20,21)14-8-12(17)7-13(18)9-14)10-11-2-3-15-16(6-11)23-5-4-22-15/h2-3,6-9H,4-5,10H2,1H3. The zero-order chi connectivity index (χ0) is 17.3. The van der Waals surface area contributed by atoms with Crippen LogP contribution in [0.2, 0.25) is 10.0 Å². The predicted octanol–water partition coefficient (Wildman–Crippen LogP) is 3.59. The normalized spacial score (nSPS) is 14.0. The van der Waals surface area contributed by atoms with Crippen LogP contribution in [0.1, 0.15) is 5.56 Å². The van der Waals surface area contributed by atoms with Crippen LogP contribution in [0.5, 0.6) is 11.5 Å². The molecule has 0 unspecified atom stereocenters. The van der Waals surface area contributed by atoms with Gasteiger partial charge in [-0.25, -0.2) is 8.42 Å². The maximum Gasteiger partial charge on any atom is 0.243 e. The zero-order valence-electron chi connectivity index (χ0n) is 12.8. The van der Waals surface area contributed by atoms with E-state index in [-0.39, 0.29) is 21.5 Å². The SMILES string of the molecule is CN(Cc1ccc2c(c1)OCCO2)S(=O)(=O)c1cc(Cl)cc(Cl)c1. The Morgan fingerprint density at radius 3 is 2.29 bits per heavy atom. The average molecular weight is 388 g/mol. The van der Waals surface area contributed by atoms with E-state index in [1.165, 1.54) is 29.6 Å². The Bertz CT molecular complexity index is 850. The van der Waals surface area contributed by atoms with Crippen LogP contribution >= 0.6 is 23.2 Å². The van der Waals surface area contributed by atoms with Gasteiger partial charge in [0.25, 0.3) is 0 Å². The van der Waals surface area contributed by atoms with Crippen molar-refractivity contribution in [2.24, 2.45) is 0 Å². The van der Waals surface area contributed by atoms with Crippen LogP contribution in [0.15, 0.2) is 41.3 Å². The summed E-state index contributed by atoms with van der Waals surface area (Å²) in [6.07, 6.45) is 0. The van der Waals surface area contributed by atoms with E-state index in [9.17, 15) is 8.42 Å². The van der Waals surface area contributed by atoms with Crippen LogP contribution < -0.4 is 9.47 Å². The minimum Gasteiger partial charge on any atom is -0.486 e. The Labute approximate surface area is 150 Å². The molecule has 3 rings (SSSR count). The van der Waals surface area contributed by atoms with Gasteiger partial charge in [-0.15, -0.1) is 0 Å². The van der Waals surface area contributed by atoms with Crippen molar-refractivity contribution < 1.29 is 17.9 Å². The van der Waals surface area contributed by atoms with Crippen molar-refractivity contribution >= 4 is 33.2 Å². The van der Waals surface area contributed by atoms with E-state index in [4.69, 9.17) is 32.7 Å². The second kappa shape index (κ2) is 6.80. The molecule has 0 radical (unpaired) electrons. The fourth-order valence-electron chi connectivity index (χ4n) is 2.39. The molecular weight excluding hydrogens is 373 g/mol. The average Bonchev–Trinajstić information content (AvgIpc) is 2.53. The first-order valence-electron chi connectivity index (χ1n) is 7.17. The Morgan fingerprint density at radius 1 is 1.00 bits per heavy atom. The molecule has 0 aromatic heterocycles. The van der Waals surface area contributed by atoms with E-state index in [1.54, 1.807) is 12.1 Å². The lowest BCUT2D eigenvalue weighted by molar-refractivity contribution is 0.171. The van der Waals surface area contributed by atoms with Crippen LogP contribution in [0.4, 0.5) is 0 Å². The topological polar surface area (TPSA) is 55.8 Å². The van der Waals surface area contributed by atoms with Crippen molar-refractivity contribution in [2.45, 2.75) is 11.4 Å². The summed E-state index contributed by atoms with van der Waals surface area (Å²) in [4.78, 5) is 0.0556. The van der Waals surface area contributed by atoms with Gasteiger partial charge in [0.1, 0.15) is 13.2 Å². The number of nitrogens with zero attached hydrogens (tertiary/aromatic N) is 1. The van der Waals surface area contributed by atoms with Gasteiger partial charge in [0.05, 0.1) is 4.90 Å². The second-order valence-corrected chi connectivity index (χ2v) is 8.26. The summed E-state index contributed by atoms with van der Waals surface area (Å²) in [7, 11) is -2.21. The highest BCUT2D eigenvalue weighted by atomic mass is 35.5. The third-order valence-electron chi connectivity index (χ3n) is 3.56. The third kappa shape index (κ3) is 3.62. The molecule has 1 aliphatic rings. The molecule has 2 aromatic carbocycles. The van der Waals surface area contributed by atoms with Gasteiger partial charge in [-0.05, 0) is 35.9 Å². The highest BCUT2D eigenvalue weighted by Crippen LogP contribution is 2.32. The first-order valence-corrected chi connectivity index (χ1v) is 9.37. The molecule has 128 valence electrons. The number of halogens is 2. The molecule has 0 bridgehead atoms. The van der Waals surface area contributed by atoms with Crippen molar-refractivity contribution in [3.8, 4) is 11.5 Å². The molecule has 24 heavy (non-hydrogen) atoms. The molecule has 0 saturated carbocycles. The summed E-state index contributed by atoms with van der Waals surface area (Å²) >= 11 is 11.8. The van der Waals surface area contributed by atoms with E-state index in [0.717, 1.165) is 5.56 Å². The molecular formula is C16H15Cl2NO4S. The molecule has 0 saturated heterocycles. The van der Waals surface area contributed by atoms with Crippen LogP contribution in [-0.2, 0) is 16.6 Å². The van der Waals surface area contributed by atoms with Gasteiger partial charge in [-0.3, -0.25) is 0 Å². The van der Waals surface area contributed by atoms with Crippen LogP contribution in [0.3, 0.4) is 0 Å². The minimum atomic E-state index is -3.71. The molecule has 0 atom stereocenters. The number of hydrogen-bond acceptors (Lipinski definition) is 4. The third-order valence-corrected chi connectivity index (χ3v) is 5.77. The molecule has 0 aliphatic carbocycles. The number of hydrogen-bond donors (Lipinski definition) is 0. The van der Waals surface area contributed by atoms with Crippen molar-refractivity contribution in [1.82, 2.24) is 4.31 Å². The van der Waals surface area contributed by atoms with Gasteiger partial charge in [-0.2, -0.15) is 4.31 Å². The Morgan fingerprint density at radius 2 is 1.62 bits per heavy atom. The lowest BCUT2D eigenvalue weighted by Crippen LogP contribution is -2.26. The Balaban J connectivity index is 1.84. The number of fused-ring (bicyclic) bond motifs is 1. The molecule has 0 fully saturated rings. The van der Waals surface area contributed by atoms with Crippen molar-refractivity contribution in [3.05, 3.63) is 52.0 Å². The summed E-state index contributed by atoms with van der Waals surface area (Å²) in [5.41, 5.74) is 0.790.